The zero-order chi connectivity index (χ0) is 19.0. The zero-order valence-corrected chi connectivity index (χ0v) is 19.2. The SMILES string of the molecule is CCC(C)n1ncc2c(C(=O)N3CCC(NCC4CC4)CC3)cc(C)nc21.Cl.Cl. The van der Waals surface area contributed by atoms with E-state index in [0.717, 1.165) is 67.1 Å². The lowest BCUT2D eigenvalue weighted by Crippen LogP contribution is -2.45. The molecule has 0 radical (unpaired) electrons. The maximum Gasteiger partial charge on any atom is 0.254 e. The number of aryl methyl sites for hydroxylation is 1. The predicted molar refractivity (Wildman–Crippen MR) is 121 cm³/mol. The van der Waals surface area contributed by atoms with E-state index < -0.39 is 0 Å². The summed E-state index contributed by atoms with van der Waals surface area (Å²) in [6.45, 7) is 9.03. The average molecular weight is 442 g/mol. The van der Waals surface area contributed by atoms with Gasteiger partial charge in [0.1, 0.15) is 0 Å². The van der Waals surface area contributed by atoms with Crippen LogP contribution in [0.2, 0.25) is 0 Å². The van der Waals surface area contributed by atoms with Crippen molar-refractivity contribution in [3.8, 4) is 0 Å². The number of piperidine rings is 1. The Balaban J connectivity index is 0.00000150. The van der Waals surface area contributed by atoms with Crippen LogP contribution in [-0.4, -0.2) is 51.2 Å². The van der Waals surface area contributed by atoms with E-state index >= 15 is 0 Å². The summed E-state index contributed by atoms with van der Waals surface area (Å²) in [5.74, 6) is 1.02. The second kappa shape index (κ2) is 10.1. The largest absolute Gasteiger partial charge is 0.339 e. The van der Waals surface area contributed by atoms with Gasteiger partial charge in [-0.2, -0.15) is 5.10 Å². The van der Waals surface area contributed by atoms with Crippen molar-refractivity contribution in [2.75, 3.05) is 19.6 Å². The van der Waals surface area contributed by atoms with E-state index in [1.807, 2.05) is 28.8 Å². The van der Waals surface area contributed by atoms with Gasteiger partial charge in [-0.1, -0.05) is 6.92 Å². The fraction of sp³-hybridized carbons (Fsp3) is 0.667. The Hall–Kier alpha value is -1.37. The molecule has 0 aromatic carbocycles. The van der Waals surface area contributed by atoms with Gasteiger partial charge in [0.15, 0.2) is 5.65 Å². The molecule has 1 amide bonds. The van der Waals surface area contributed by atoms with Gasteiger partial charge in [0.2, 0.25) is 0 Å². The number of pyridine rings is 1. The molecule has 2 fully saturated rings. The molecule has 1 aliphatic carbocycles. The molecule has 2 aliphatic rings. The van der Waals surface area contributed by atoms with Crippen molar-refractivity contribution in [3.63, 3.8) is 0 Å². The minimum Gasteiger partial charge on any atom is -0.339 e. The number of carbonyl (C=O) groups excluding carboxylic acids is 1. The molecule has 2 aromatic rings. The fourth-order valence-corrected chi connectivity index (χ4v) is 3.93. The summed E-state index contributed by atoms with van der Waals surface area (Å²) in [5, 5.41) is 9.08. The Morgan fingerprint density at radius 3 is 2.55 bits per heavy atom. The van der Waals surface area contributed by atoms with Gasteiger partial charge in [-0.25, -0.2) is 9.67 Å². The topological polar surface area (TPSA) is 63.1 Å². The molecule has 1 N–H and O–H groups in total. The molecule has 1 aliphatic heterocycles. The number of fused-ring (bicyclic) bond motifs is 1. The molecule has 8 heteroatoms. The number of amides is 1. The summed E-state index contributed by atoms with van der Waals surface area (Å²) >= 11 is 0. The van der Waals surface area contributed by atoms with Crippen molar-refractivity contribution < 1.29 is 4.79 Å². The molecular weight excluding hydrogens is 409 g/mol. The second-order valence-electron chi connectivity index (χ2n) is 8.31. The molecule has 2 aromatic heterocycles. The normalized spacial score (nSPS) is 18.2. The van der Waals surface area contributed by atoms with Gasteiger partial charge in [0.25, 0.3) is 5.91 Å². The third-order valence-electron chi connectivity index (χ3n) is 6.11. The molecule has 29 heavy (non-hydrogen) atoms. The van der Waals surface area contributed by atoms with Crippen LogP contribution in [0.5, 0.6) is 0 Å². The van der Waals surface area contributed by atoms with E-state index in [2.05, 4.69) is 29.2 Å². The van der Waals surface area contributed by atoms with Crippen LogP contribution in [0.4, 0.5) is 0 Å². The van der Waals surface area contributed by atoms with Crippen LogP contribution in [-0.2, 0) is 0 Å². The number of hydrogen-bond donors (Lipinski definition) is 1. The summed E-state index contributed by atoms with van der Waals surface area (Å²) in [7, 11) is 0. The Kier molecular flexibility index (Phi) is 8.32. The first-order valence-electron chi connectivity index (χ1n) is 10.4. The molecule has 3 heterocycles. The molecule has 1 unspecified atom stereocenters. The molecule has 4 rings (SSSR count). The third-order valence-corrected chi connectivity index (χ3v) is 6.11. The Morgan fingerprint density at radius 1 is 1.24 bits per heavy atom. The molecule has 1 saturated heterocycles. The van der Waals surface area contributed by atoms with Gasteiger partial charge in [0, 0.05) is 24.8 Å². The van der Waals surface area contributed by atoms with Gasteiger partial charge in [-0.15, -0.1) is 24.8 Å². The summed E-state index contributed by atoms with van der Waals surface area (Å²) in [6.07, 6.45) is 7.63. The lowest BCUT2D eigenvalue weighted by Gasteiger charge is -2.32. The van der Waals surface area contributed by atoms with Crippen LogP contribution in [0.3, 0.4) is 0 Å². The maximum absolute atomic E-state index is 13.2. The number of aromatic nitrogens is 3. The van der Waals surface area contributed by atoms with Crippen molar-refractivity contribution in [1.29, 1.82) is 0 Å². The number of likely N-dealkylation sites (tertiary alicyclic amines) is 1. The minimum atomic E-state index is 0. The van der Waals surface area contributed by atoms with Gasteiger partial charge < -0.3 is 10.2 Å². The van der Waals surface area contributed by atoms with Gasteiger partial charge in [-0.3, -0.25) is 4.79 Å². The van der Waals surface area contributed by atoms with Crippen molar-refractivity contribution >= 4 is 41.8 Å². The first-order valence-corrected chi connectivity index (χ1v) is 10.4. The number of carbonyl (C=O) groups is 1. The molecule has 0 spiro atoms. The van der Waals surface area contributed by atoms with E-state index in [-0.39, 0.29) is 36.8 Å². The quantitative estimate of drug-likeness (QED) is 0.730. The molecule has 1 saturated carbocycles. The van der Waals surface area contributed by atoms with Crippen LogP contribution >= 0.6 is 24.8 Å². The Labute approximate surface area is 185 Å². The predicted octanol–water partition coefficient (Wildman–Crippen LogP) is 4.16. The van der Waals surface area contributed by atoms with E-state index in [0.29, 0.717) is 6.04 Å². The number of nitrogens with zero attached hydrogens (tertiary/aromatic N) is 4. The van der Waals surface area contributed by atoms with Crippen LogP contribution < -0.4 is 5.32 Å². The summed E-state index contributed by atoms with van der Waals surface area (Å²) in [4.78, 5) is 19.9. The van der Waals surface area contributed by atoms with E-state index in [1.54, 1.807) is 0 Å². The lowest BCUT2D eigenvalue weighted by atomic mass is 10.0. The highest BCUT2D eigenvalue weighted by Gasteiger charge is 2.28. The molecule has 6 nitrogen and oxygen atoms in total. The summed E-state index contributed by atoms with van der Waals surface area (Å²) in [6, 6.07) is 2.75. The highest BCUT2D eigenvalue weighted by Crippen LogP contribution is 2.28. The lowest BCUT2D eigenvalue weighted by molar-refractivity contribution is 0.0707. The van der Waals surface area contributed by atoms with Crippen molar-refractivity contribution in [2.24, 2.45) is 5.92 Å². The van der Waals surface area contributed by atoms with Crippen molar-refractivity contribution in [1.82, 2.24) is 25.0 Å². The van der Waals surface area contributed by atoms with Crippen molar-refractivity contribution in [2.45, 2.75) is 65.0 Å². The number of nitrogens with one attached hydrogen (secondary N) is 1. The van der Waals surface area contributed by atoms with Crippen LogP contribution in [0.1, 0.15) is 68.0 Å². The van der Waals surface area contributed by atoms with Crippen LogP contribution in [0.15, 0.2) is 12.3 Å². The summed E-state index contributed by atoms with van der Waals surface area (Å²) in [5.41, 5.74) is 2.45. The highest BCUT2D eigenvalue weighted by molar-refractivity contribution is 6.05. The monoisotopic (exact) mass is 441 g/mol. The first kappa shape index (κ1) is 23.9. The van der Waals surface area contributed by atoms with Crippen molar-refractivity contribution in [3.05, 3.63) is 23.5 Å². The average Bonchev–Trinajstić information content (AvgIpc) is 3.43. The first-order chi connectivity index (χ1) is 13.1. The maximum atomic E-state index is 13.2. The fourth-order valence-electron chi connectivity index (χ4n) is 3.93. The van der Waals surface area contributed by atoms with Crippen LogP contribution in [0.25, 0.3) is 11.0 Å². The number of hydrogen-bond acceptors (Lipinski definition) is 4. The van der Waals surface area contributed by atoms with E-state index in [4.69, 9.17) is 0 Å². The van der Waals surface area contributed by atoms with Crippen LogP contribution in [0, 0.1) is 12.8 Å². The highest BCUT2D eigenvalue weighted by atomic mass is 35.5. The van der Waals surface area contributed by atoms with E-state index in [1.165, 1.54) is 12.8 Å². The molecule has 162 valence electrons. The second-order valence-corrected chi connectivity index (χ2v) is 8.31. The minimum absolute atomic E-state index is 0. The van der Waals surface area contributed by atoms with E-state index in [9.17, 15) is 4.79 Å². The Bertz CT molecular complexity index is 828. The summed E-state index contributed by atoms with van der Waals surface area (Å²) < 4.78 is 1.95. The third kappa shape index (κ3) is 5.22. The van der Waals surface area contributed by atoms with Gasteiger partial charge >= 0.3 is 0 Å². The molecule has 1 atom stereocenters. The molecular formula is C21H33Cl2N5O. The molecule has 0 bridgehead atoms. The van der Waals surface area contributed by atoms with Gasteiger partial charge in [-0.05, 0) is 64.5 Å². The number of halogens is 2. The van der Waals surface area contributed by atoms with Gasteiger partial charge in [0.05, 0.1) is 23.2 Å². The Morgan fingerprint density at radius 2 is 1.93 bits per heavy atom. The zero-order valence-electron chi connectivity index (χ0n) is 17.6. The number of rotatable bonds is 6. The standard InChI is InChI=1S/C21H31N5O.2ClH/c1-4-15(3)26-20-19(13-23-26)18(11-14(2)24-20)21(27)25-9-7-17(8-10-25)22-12-16-5-6-16;;/h11,13,15-17,22H,4-10,12H2,1-3H3;2*1H. The smallest absolute Gasteiger partial charge is 0.254 e.